The van der Waals surface area contributed by atoms with Crippen LogP contribution < -0.4 is 0 Å². The lowest BCUT2D eigenvalue weighted by molar-refractivity contribution is 0.251. The molecule has 4 nitrogen and oxygen atoms in total. The van der Waals surface area contributed by atoms with Crippen molar-refractivity contribution in [2.24, 2.45) is 7.05 Å². The summed E-state index contributed by atoms with van der Waals surface area (Å²) >= 11 is 0. The van der Waals surface area contributed by atoms with Crippen LogP contribution in [0, 0.1) is 0 Å². The predicted molar refractivity (Wildman–Crippen MR) is 82.9 cm³/mol. The smallest absolute Gasteiger partial charge is 0.159 e. The van der Waals surface area contributed by atoms with Crippen LogP contribution in [0.25, 0.3) is 22.4 Å². The third-order valence-corrected chi connectivity index (χ3v) is 4.70. The number of fused-ring (bicyclic) bond motifs is 1. The van der Waals surface area contributed by atoms with E-state index in [1.807, 2.05) is 6.07 Å². The first-order valence-electron chi connectivity index (χ1n) is 7.42. The molecule has 0 saturated heterocycles. The first-order chi connectivity index (χ1) is 10.2. The number of hydrogen-bond acceptors (Lipinski definition) is 3. The largest absolute Gasteiger partial charge is 0.331 e. The molecule has 2 aromatic heterocycles. The van der Waals surface area contributed by atoms with Crippen LogP contribution in [-0.2, 0) is 12.5 Å². The second-order valence-electron chi connectivity index (χ2n) is 6.18. The Morgan fingerprint density at radius 3 is 2.57 bits per heavy atom. The molecular formula is C17H18N4. The summed E-state index contributed by atoms with van der Waals surface area (Å²) < 4.78 is 2.24. The number of aryl methyl sites for hydroxylation is 1. The Bertz CT molecular complexity index is 800. The van der Waals surface area contributed by atoms with E-state index in [9.17, 15) is 0 Å². The average molecular weight is 278 g/mol. The van der Waals surface area contributed by atoms with Crippen molar-refractivity contribution in [3.63, 3.8) is 0 Å². The summed E-state index contributed by atoms with van der Waals surface area (Å²) in [6.07, 6.45) is 7.33. The fourth-order valence-corrected chi connectivity index (χ4v) is 3.25. The Kier molecular flexibility index (Phi) is 2.61. The monoisotopic (exact) mass is 278 g/mol. The molecule has 0 unspecified atom stereocenters. The van der Waals surface area contributed by atoms with E-state index in [4.69, 9.17) is 4.98 Å². The summed E-state index contributed by atoms with van der Waals surface area (Å²) in [5, 5.41) is 0. The lowest BCUT2D eigenvalue weighted by Crippen LogP contribution is -2.33. The average Bonchev–Trinajstić information content (AvgIpc) is 2.83. The molecule has 1 saturated carbocycles. The Morgan fingerprint density at radius 2 is 1.90 bits per heavy atom. The number of rotatable bonds is 2. The quantitative estimate of drug-likeness (QED) is 0.721. The lowest BCUT2D eigenvalue weighted by atomic mass is 9.70. The highest BCUT2D eigenvalue weighted by atomic mass is 15.1. The summed E-state index contributed by atoms with van der Waals surface area (Å²) in [7, 11) is 2.11. The molecule has 1 aliphatic rings. The van der Waals surface area contributed by atoms with E-state index < -0.39 is 0 Å². The number of nitrogens with zero attached hydrogens (tertiary/aromatic N) is 4. The van der Waals surface area contributed by atoms with Gasteiger partial charge < -0.3 is 4.57 Å². The molecule has 0 N–H and O–H groups in total. The van der Waals surface area contributed by atoms with Crippen LogP contribution in [0.3, 0.4) is 0 Å². The van der Waals surface area contributed by atoms with Crippen molar-refractivity contribution in [1.29, 1.82) is 0 Å². The highest BCUT2D eigenvalue weighted by Gasteiger charge is 2.37. The van der Waals surface area contributed by atoms with E-state index in [0.29, 0.717) is 0 Å². The van der Waals surface area contributed by atoms with E-state index in [-0.39, 0.29) is 5.41 Å². The van der Waals surface area contributed by atoms with Crippen molar-refractivity contribution in [3.8, 4) is 11.4 Å². The van der Waals surface area contributed by atoms with Gasteiger partial charge in [-0.2, -0.15) is 0 Å². The zero-order valence-corrected chi connectivity index (χ0v) is 12.4. The van der Waals surface area contributed by atoms with E-state index in [0.717, 1.165) is 22.4 Å². The summed E-state index contributed by atoms with van der Waals surface area (Å²) in [5.41, 5.74) is 3.50. The van der Waals surface area contributed by atoms with Crippen molar-refractivity contribution in [3.05, 3.63) is 42.5 Å². The van der Waals surface area contributed by atoms with E-state index in [2.05, 4.69) is 46.7 Å². The van der Waals surface area contributed by atoms with Crippen molar-refractivity contribution in [2.45, 2.75) is 31.6 Å². The van der Waals surface area contributed by atoms with E-state index in [1.54, 1.807) is 12.4 Å². The standard InChI is InChI=1S/C17H18N4/c1-17(7-3-8-17)16-20-13-6-5-12(11-14(13)21(16)2)15-18-9-4-10-19-15/h4-6,9-11H,3,7-8H2,1-2H3. The summed E-state index contributed by atoms with van der Waals surface area (Å²) in [5.74, 6) is 1.96. The summed E-state index contributed by atoms with van der Waals surface area (Å²) in [6, 6.07) is 8.11. The molecule has 106 valence electrons. The molecule has 0 aliphatic heterocycles. The Hall–Kier alpha value is -2.23. The fraction of sp³-hybridized carbons (Fsp3) is 0.353. The lowest BCUT2D eigenvalue weighted by Gasteiger charge is -2.37. The van der Waals surface area contributed by atoms with Gasteiger partial charge in [0.2, 0.25) is 0 Å². The van der Waals surface area contributed by atoms with Crippen LogP contribution >= 0.6 is 0 Å². The van der Waals surface area contributed by atoms with Gasteiger partial charge in [-0.1, -0.05) is 13.3 Å². The fourth-order valence-electron chi connectivity index (χ4n) is 3.25. The topological polar surface area (TPSA) is 43.6 Å². The predicted octanol–water partition coefficient (Wildman–Crippen LogP) is 3.47. The molecular weight excluding hydrogens is 260 g/mol. The molecule has 0 amide bonds. The molecule has 4 rings (SSSR count). The van der Waals surface area contributed by atoms with Crippen LogP contribution in [0.15, 0.2) is 36.7 Å². The minimum atomic E-state index is 0.247. The van der Waals surface area contributed by atoms with E-state index >= 15 is 0 Å². The van der Waals surface area contributed by atoms with Crippen molar-refractivity contribution < 1.29 is 0 Å². The maximum atomic E-state index is 4.86. The van der Waals surface area contributed by atoms with Gasteiger partial charge in [0.15, 0.2) is 5.82 Å². The minimum absolute atomic E-state index is 0.247. The zero-order chi connectivity index (χ0) is 14.4. The Balaban J connectivity index is 1.87. The minimum Gasteiger partial charge on any atom is -0.331 e. The van der Waals surface area contributed by atoms with Gasteiger partial charge in [0.25, 0.3) is 0 Å². The maximum Gasteiger partial charge on any atom is 0.159 e. The third-order valence-electron chi connectivity index (χ3n) is 4.70. The first kappa shape index (κ1) is 12.5. The van der Waals surface area contributed by atoms with Gasteiger partial charge in [0.1, 0.15) is 5.82 Å². The molecule has 4 heteroatoms. The molecule has 0 radical (unpaired) electrons. The Labute approximate surface area is 123 Å². The number of aromatic nitrogens is 4. The molecule has 3 aromatic rings. The van der Waals surface area contributed by atoms with Crippen LogP contribution in [0.5, 0.6) is 0 Å². The molecule has 1 aromatic carbocycles. The van der Waals surface area contributed by atoms with Crippen molar-refractivity contribution >= 4 is 11.0 Å². The number of hydrogen-bond donors (Lipinski definition) is 0. The van der Waals surface area contributed by atoms with Gasteiger partial charge in [-0.3, -0.25) is 0 Å². The van der Waals surface area contributed by atoms with Crippen LogP contribution in [-0.4, -0.2) is 19.5 Å². The van der Waals surface area contributed by atoms with Crippen molar-refractivity contribution in [2.75, 3.05) is 0 Å². The maximum absolute atomic E-state index is 4.86. The van der Waals surface area contributed by atoms with Gasteiger partial charge >= 0.3 is 0 Å². The summed E-state index contributed by atoms with van der Waals surface area (Å²) in [4.78, 5) is 13.5. The van der Waals surface area contributed by atoms with Crippen LogP contribution in [0.1, 0.15) is 32.0 Å². The first-order valence-corrected chi connectivity index (χ1v) is 7.42. The van der Waals surface area contributed by atoms with Gasteiger partial charge in [-0.15, -0.1) is 0 Å². The van der Waals surface area contributed by atoms with Gasteiger partial charge in [0.05, 0.1) is 11.0 Å². The second kappa shape index (κ2) is 4.38. The van der Waals surface area contributed by atoms with Crippen molar-refractivity contribution in [1.82, 2.24) is 19.5 Å². The van der Waals surface area contributed by atoms with Gasteiger partial charge in [-0.05, 0) is 37.1 Å². The Morgan fingerprint density at radius 1 is 1.14 bits per heavy atom. The molecule has 21 heavy (non-hydrogen) atoms. The SMILES string of the molecule is Cn1c(C2(C)CCC2)nc2ccc(-c3ncccn3)cc21. The van der Waals surface area contributed by atoms with Gasteiger partial charge in [0, 0.05) is 30.4 Å². The normalized spacial score (nSPS) is 16.9. The van der Waals surface area contributed by atoms with Gasteiger partial charge in [-0.25, -0.2) is 15.0 Å². The molecule has 1 fully saturated rings. The highest BCUT2D eigenvalue weighted by Crippen LogP contribution is 2.43. The number of imidazole rings is 1. The third kappa shape index (κ3) is 1.86. The zero-order valence-electron chi connectivity index (χ0n) is 12.4. The molecule has 1 aliphatic carbocycles. The summed E-state index contributed by atoms with van der Waals surface area (Å²) in [6.45, 7) is 2.32. The van der Waals surface area contributed by atoms with Crippen LogP contribution in [0.2, 0.25) is 0 Å². The molecule has 2 heterocycles. The molecule has 0 spiro atoms. The van der Waals surface area contributed by atoms with Crippen LogP contribution in [0.4, 0.5) is 0 Å². The molecule has 0 bridgehead atoms. The molecule has 0 atom stereocenters. The van der Waals surface area contributed by atoms with E-state index in [1.165, 1.54) is 25.1 Å². The number of benzene rings is 1. The second-order valence-corrected chi connectivity index (χ2v) is 6.18. The highest BCUT2D eigenvalue weighted by molar-refractivity contribution is 5.81.